The van der Waals surface area contributed by atoms with Crippen LogP contribution in [0.25, 0.3) is 11.4 Å². The predicted molar refractivity (Wildman–Crippen MR) is 63.0 cm³/mol. The zero-order valence-electron chi connectivity index (χ0n) is 9.15. The van der Waals surface area contributed by atoms with Crippen LogP contribution < -0.4 is 4.72 Å². The number of nitrogens with zero attached hydrogens (tertiary/aromatic N) is 5. The van der Waals surface area contributed by atoms with Crippen molar-refractivity contribution in [1.82, 2.24) is 30.8 Å². The van der Waals surface area contributed by atoms with E-state index >= 15 is 0 Å². The summed E-state index contributed by atoms with van der Waals surface area (Å²) in [7, 11) is 0. The first-order valence-electron chi connectivity index (χ1n) is 5.16. The normalized spacial score (nSPS) is 10.7. The first-order chi connectivity index (χ1) is 8.92. The Bertz CT molecular complexity index is 608. The summed E-state index contributed by atoms with van der Waals surface area (Å²) in [6.07, 6.45) is 0. The third kappa shape index (κ3) is 2.44. The van der Waals surface area contributed by atoms with Crippen molar-refractivity contribution in [2.75, 3.05) is 0 Å². The number of tetrazole rings is 1. The average molecular weight is 307 g/mol. The molecule has 2 aromatic heterocycles. The molecule has 0 unspecified atom stereocenters. The number of nitrogens with one attached hydrogen (secondary N) is 1. The summed E-state index contributed by atoms with van der Waals surface area (Å²) in [5.41, 5.74) is 0.944. The van der Waals surface area contributed by atoms with E-state index in [0.717, 1.165) is 5.56 Å². The van der Waals surface area contributed by atoms with E-state index in [9.17, 15) is 0 Å². The minimum absolute atomic E-state index is 0.0491. The third-order valence-electron chi connectivity index (χ3n) is 2.15. The summed E-state index contributed by atoms with van der Waals surface area (Å²) >= 11 is 0.0491. The van der Waals surface area contributed by atoms with Crippen molar-refractivity contribution in [3.8, 4) is 11.4 Å². The van der Waals surface area contributed by atoms with Crippen molar-refractivity contribution in [3.05, 3.63) is 36.2 Å². The molecule has 0 radical (unpaired) electrons. The average Bonchev–Trinajstić information content (AvgIpc) is 3.09. The molecule has 0 atom stereocenters. The van der Waals surface area contributed by atoms with Crippen molar-refractivity contribution in [2.45, 2.75) is 5.32 Å². The number of hydrogen-bond donors (Lipinski definition) is 1. The van der Waals surface area contributed by atoms with Gasteiger partial charge in [0.25, 0.3) is 0 Å². The van der Waals surface area contributed by atoms with Crippen LogP contribution in [0.1, 0.15) is 5.89 Å². The summed E-state index contributed by atoms with van der Waals surface area (Å²) in [4.78, 5) is 4.33. The molecule has 0 amide bonds. The number of aromatic nitrogens is 6. The molecule has 0 saturated carbocycles. The first-order valence-corrected chi connectivity index (χ1v) is 7.23. The van der Waals surface area contributed by atoms with Crippen LogP contribution in [0, 0.1) is 0 Å². The van der Waals surface area contributed by atoms with E-state index in [2.05, 4.69) is 30.8 Å². The Balaban J connectivity index is 1.70. The van der Waals surface area contributed by atoms with Crippen molar-refractivity contribution in [2.24, 2.45) is 0 Å². The molecule has 0 bridgehead atoms. The standard InChI is InChI=1S/C10H8N6OSe/c1-2-4-7(5-3-1)9-11-8(17-14-9)6-18-10-12-15-16-13-10/h1-5H,6H2,(H,12,13,15,16). The van der Waals surface area contributed by atoms with Crippen LogP contribution >= 0.6 is 0 Å². The quantitative estimate of drug-likeness (QED) is 0.670. The Morgan fingerprint density at radius 1 is 1.22 bits per heavy atom. The van der Waals surface area contributed by atoms with E-state index in [4.69, 9.17) is 4.52 Å². The van der Waals surface area contributed by atoms with Gasteiger partial charge in [0.1, 0.15) is 0 Å². The Labute approximate surface area is 108 Å². The van der Waals surface area contributed by atoms with E-state index in [0.29, 0.717) is 21.8 Å². The minimum atomic E-state index is 0.0491. The number of rotatable bonds is 4. The Morgan fingerprint density at radius 2 is 2.11 bits per heavy atom. The Morgan fingerprint density at radius 3 is 2.89 bits per heavy atom. The van der Waals surface area contributed by atoms with Gasteiger partial charge in [0, 0.05) is 0 Å². The summed E-state index contributed by atoms with van der Waals surface area (Å²) in [5.74, 6) is 1.20. The van der Waals surface area contributed by atoms with Crippen LogP contribution in [0.4, 0.5) is 0 Å². The Kier molecular flexibility index (Phi) is 3.12. The molecule has 3 rings (SSSR count). The maximum absolute atomic E-state index is 5.19. The van der Waals surface area contributed by atoms with E-state index in [1.54, 1.807) is 0 Å². The summed E-state index contributed by atoms with van der Waals surface area (Å²) in [5, 5.41) is 18.3. The van der Waals surface area contributed by atoms with E-state index in [1.165, 1.54) is 0 Å². The van der Waals surface area contributed by atoms with Gasteiger partial charge in [-0.05, 0) is 0 Å². The van der Waals surface area contributed by atoms with Gasteiger partial charge in [0.05, 0.1) is 0 Å². The van der Waals surface area contributed by atoms with Gasteiger partial charge in [-0.1, -0.05) is 0 Å². The fraction of sp³-hybridized carbons (Fsp3) is 0.100. The zero-order valence-corrected chi connectivity index (χ0v) is 10.9. The van der Waals surface area contributed by atoms with Gasteiger partial charge in [0.15, 0.2) is 0 Å². The first kappa shape index (κ1) is 11.1. The molecule has 0 aliphatic heterocycles. The van der Waals surface area contributed by atoms with E-state index in [-0.39, 0.29) is 15.0 Å². The van der Waals surface area contributed by atoms with Crippen LogP contribution in [0.15, 0.2) is 34.9 Å². The zero-order chi connectivity index (χ0) is 12.2. The monoisotopic (exact) mass is 308 g/mol. The molecule has 0 fully saturated rings. The molecule has 1 N–H and O–H groups in total. The third-order valence-corrected chi connectivity index (χ3v) is 3.88. The van der Waals surface area contributed by atoms with Gasteiger partial charge in [-0.2, -0.15) is 0 Å². The molecule has 90 valence electrons. The fourth-order valence-electron chi connectivity index (χ4n) is 1.36. The molecular formula is C10H8N6OSe. The van der Waals surface area contributed by atoms with Crippen LogP contribution in [-0.2, 0) is 5.32 Å². The predicted octanol–water partition coefficient (Wildman–Crippen LogP) is -0.221. The summed E-state index contributed by atoms with van der Waals surface area (Å²) in [6, 6.07) is 9.71. The molecule has 3 aromatic rings. The van der Waals surface area contributed by atoms with Crippen molar-refractivity contribution in [3.63, 3.8) is 0 Å². The second-order valence-electron chi connectivity index (χ2n) is 3.36. The van der Waals surface area contributed by atoms with Gasteiger partial charge >= 0.3 is 108 Å². The van der Waals surface area contributed by atoms with Crippen molar-refractivity contribution < 1.29 is 4.52 Å². The van der Waals surface area contributed by atoms with E-state index in [1.807, 2.05) is 30.3 Å². The van der Waals surface area contributed by atoms with Crippen LogP contribution in [0.3, 0.4) is 0 Å². The molecule has 8 heteroatoms. The summed E-state index contributed by atoms with van der Waals surface area (Å²) < 4.78 is 5.88. The van der Waals surface area contributed by atoms with Gasteiger partial charge < -0.3 is 0 Å². The molecule has 18 heavy (non-hydrogen) atoms. The number of H-pyrrole nitrogens is 1. The van der Waals surface area contributed by atoms with Gasteiger partial charge in [-0.3, -0.25) is 0 Å². The molecule has 2 heterocycles. The maximum atomic E-state index is 5.19. The second-order valence-corrected chi connectivity index (χ2v) is 5.34. The SMILES string of the molecule is c1ccc(-c2noc(C[Se]c3nn[nH]n3)n2)cc1. The molecule has 7 nitrogen and oxygen atoms in total. The second kappa shape index (κ2) is 5.07. The number of aromatic amines is 1. The van der Waals surface area contributed by atoms with Crippen LogP contribution in [-0.4, -0.2) is 45.7 Å². The number of benzene rings is 1. The van der Waals surface area contributed by atoms with Gasteiger partial charge in [-0.25, -0.2) is 0 Å². The molecular weight excluding hydrogens is 299 g/mol. The van der Waals surface area contributed by atoms with Gasteiger partial charge in [-0.15, -0.1) is 0 Å². The molecule has 0 aliphatic carbocycles. The Hall–Kier alpha value is -2.05. The molecule has 0 saturated heterocycles. The van der Waals surface area contributed by atoms with E-state index < -0.39 is 0 Å². The van der Waals surface area contributed by atoms with Crippen molar-refractivity contribution >= 4 is 19.7 Å². The van der Waals surface area contributed by atoms with Crippen LogP contribution in [0.5, 0.6) is 0 Å². The summed E-state index contributed by atoms with van der Waals surface area (Å²) in [6.45, 7) is 0. The fourth-order valence-corrected chi connectivity index (χ4v) is 2.56. The molecule has 0 aliphatic rings. The van der Waals surface area contributed by atoms with Crippen LogP contribution in [0.2, 0.25) is 0 Å². The van der Waals surface area contributed by atoms with Crippen molar-refractivity contribution in [1.29, 1.82) is 0 Å². The topological polar surface area (TPSA) is 93.4 Å². The molecule has 0 spiro atoms. The van der Waals surface area contributed by atoms with Gasteiger partial charge in [0.2, 0.25) is 0 Å². The number of hydrogen-bond acceptors (Lipinski definition) is 6. The molecule has 1 aromatic carbocycles.